The third-order valence-electron chi connectivity index (χ3n) is 3.37. The molecule has 1 aromatic heterocycles. The minimum Gasteiger partial charge on any atom is -0.478 e. The Hall–Kier alpha value is -2.10. The van der Waals surface area contributed by atoms with Gasteiger partial charge >= 0.3 is 5.97 Å². The Kier molecular flexibility index (Phi) is 3.42. The van der Waals surface area contributed by atoms with Gasteiger partial charge in [-0.25, -0.2) is 9.48 Å². The van der Waals surface area contributed by atoms with E-state index in [2.05, 4.69) is 31.1 Å². The van der Waals surface area contributed by atoms with Gasteiger partial charge < -0.3 is 5.11 Å². The number of benzene rings is 1. The highest BCUT2D eigenvalue weighted by Crippen LogP contribution is 2.23. The number of carbonyl (C=O) groups is 1. The zero-order valence-electron chi connectivity index (χ0n) is 11.6. The SMILES string of the molecule is Cc1ccc(C(C)C)cc1-n1ncc(C(=O)O)c1C. The predicted octanol–water partition coefficient (Wildman–Crippen LogP) is 3.31. The largest absolute Gasteiger partial charge is 0.478 e. The number of hydrogen-bond acceptors (Lipinski definition) is 2. The van der Waals surface area contributed by atoms with Crippen LogP contribution in [0, 0.1) is 13.8 Å². The maximum atomic E-state index is 11.1. The number of aromatic nitrogens is 2. The summed E-state index contributed by atoms with van der Waals surface area (Å²) in [6.45, 7) is 8.04. The molecular weight excluding hydrogens is 240 g/mol. The molecule has 1 aromatic carbocycles. The van der Waals surface area contributed by atoms with Gasteiger partial charge in [-0.15, -0.1) is 0 Å². The van der Waals surface area contributed by atoms with Gasteiger partial charge in [0.2, 0.25) is 0 Å². The second-order valence-electron chi connectivity index (χ2n) is 5.06. The fraction of sp³-hybridized carbons (Fsp3) is 0.333. The van der Waals surface area contributed by atoms with Crippen LogP contribution in [0.4, 0.5) is 0 Å². The monoisotopic (exact) mass is 258 g/mol. The number of carboxylic acids is 1. The van der Waals surface area contributed by atoms with Crippen LogP contribution in [0.3, 0.4) is 0 Å². The summed E-state index contributed by atoms with van der Waals surface area (Å²) < 4.78 is 1.70. The van der Waals surface area contributed by atoms with Crippen LogP contribution < -0.4 is 0 Å². The zero-order valence-corrected chi connectivity index (χ0v) is 11.6. The van der Waals surface area contributed by atoms with E-state index in [1.807, 2.05) is 13.0 Å². The first-order valence-corrected chi connectivity index (χ1v) is 6.30. The lowest BCUT2D eigenvalue weighted by molar-refractivity contribution is 0.0696. The molecule has 19 heavy (non-hydrogen) atoms. The highest BCUT2D eigenvalue weighted by molar-refractivity contribution is 5.88. The van der Waals surface area contributed by atoms with E-state index >= 15 is 0 Å². The third kappa shape index (κ3) is 2.38. The molecule has 2 aromatic rings. The van der Waals surface area contributed by atoms with Crippen molar-refractivity contribution in [3.05, 3.63) is 46.8 Å². The molecule has 4 nitrogen and oxygen atoms in total. The van der Waals surface area contributed by atoms with E-state index in [9.17, 15) is 4.79 Å². The highest BCUT2D eigenvalue weighted by Gasteiger charge is 2.15. The Bertz CT molecular complexity index is 627. The zero-order chi connectivity index (χ0) is 14.2. The number of aromatic carboxylic acids is 1. The lowest BCUT2D eigenvalue weighted by atomic mass is 10.0. The van der Waals surface area contributed by atoms with Gasteiger partial charge in [0.15, 0.2) is 0 Å². The lowest BCUT2D eigenvalue weighted by Crippen LogP contribution is -2.05. The van der Waals surface area contributed by atoms with Crippen molar-refractivity contribution in [1.82, 2.24) is 9.78 Å². The molecule has 0 atom stereocenters. The molecule has 0 radical (unpaired) electrons. The standard InChI is InChI=1S/C15H18N2O2/c1-9(2)12-6-5-10(3)14(7-12)17-11(4)13(8-16-17)15(18)19/h5-9H,1-4H3,(H,18,19). The molecule has 1 N–H and O–H groups in total. The molecule has 0 unspecified atom stereocenters. The molecule has 0 amide bonds. The summed E-state index contributed by atoms with van der Waals surface area (Å²) in [6.07, 6.45) is 1.40. The molecule has 4 heteroatoms. The summed E-state index contributed by atoms with van der Waals surface area (Å²) in [7, 11) is 0. The molecule has 0 spiro atoms. The third-order valence-corrected chi connectivity index (χ3v) is 3.37. The van der Waals surface area contributed by atoms with Gasteiger partial charge in [0, 0.05) is 0 Å². The second kappa shape index (κ2) is 4.88. The minimum absolute atomic E-state index is 0.245. The van der Waals surface area contributed by atoms with Gasteiger partial charge in [-0.2, -0.15) is 5.10 Å². The van der Waals surface area contributed by atoms with E-state index in [-0.39, 0.29) is 5.56 Å². The van der Waals surface area contributed by atoms with Crippen LogP contribution in [-0.4, -0.2) is 20.9 Å². The summed E-state index contributed by atoms with van der Waals surface area (Å²) in [5.41, 5.74) is 4.13. The Morgan fingerprint density at radius 2 is 2.00 bits per heavy atom. The number of rotatable bonds is 3. The Balaban J connectivity index is 2.58. The van der Waals surface area contributed by atoms with Crippen LogP contribution in [0.2, 0.25) is 0 Å². The van der Waals surface area contributed by atoms with Crippen molar-refractivity contribution in [2.24, 2.45) is 0 Å². The number of aryl methyl sites for hydroxylation is 1. The van der Waals surface area contributed by atoms with Crippen LogP contribution in [0.15, 0.2) is 24.4 Å². The lowest BCUT2D eigenvalue weighted by Gasteiger charge is -2.12. The number of hydrogen-bond donors (Lipinski definition) is 1. The van der Waals surface area contributed by atoms with Crippen molar-refractivity contribution in [1.29, 1.82) is 0 Å². The molecular formula is C15H18N2O2. The van der Waals surface area contributed by atoms with E-state index in [1.165, 1.54) is 11.8 Å². The van der Waals surface area contributed by atoms with E-state index < -0.39 is 5.97 Å². The van der Waals surface area contributed by atoms with Crippen LogP contribution in [0.25, 0.3) is 5.69 Å². The van der Waals surface area contributed by atoms with Crippen molar-refractivity contribution in [3.8, 4) is 5.69 Å². The van der Waals surface area contributed by atoms with Crippen molar-refractivity contribution in [3.63, 3.8) is 0 Å². The fourth-order valence-corrected chi connectivity index (χ4v) is 2.08. The maximum absolute atomic E-state index is 11.1. The fourth-order valence-electron chi connectivity index (χ4n) is 2.08. The quantitative estimate of drug-likeness (QED) is 0.918. The molecule has 0 saturated carbocycles. The van der Waals surface area contributed by atoms with Crippen molar-refractivity contribution in [2.45, 2.75) is 33.6 Å². The molecule has 100 valence electrons. The minimum atomic E-state index is -0.943. The van der Waals surface area contributed by atoms with Gasteiger partial charge in [0.05, 0.1) is 17.6 Å². The van der Waals surface area contributed by atoms with Crippen molar-refractivity contribution >= 4 is 5.97 Å². The molecule has 2 rings (SSSR count). The number of carboxylic acid groups (broad SMARTS) is 1. The normalized spacial score (nSPS) is 11.0. The summed E-state index contributed by atoms with van der Waals surface area (Å²) in [6, 6.07) is 6.22. The topological polar surface area (TPSA) is 55.1 Å². The van der Waals surface area contributed by atoms with E-state index in [0.717, 1.165) is 11.3 Å². The highest BCUT2D eigenvalue weighted by atomic mass is 16.4. The summed E-state index contributed by atoms with van der Waals surface area (Å²) in [5, 5.41) is 13.3. The molecule has 0 bridgehead atoms. The predicted molar refractivity (Wildman–Crippen MR) is 74.1 cm³/mol. The molecule has 1 heterocycles. The maximum Gasteiger partial charge on any atom is 0.339 e. The Morgan fingerprint density at radius 1 is 1.32 bits per heavy atom. The van der Waals surface area contributed by atoms with Gasteiger partial charge in [-0.05, 0) is 37.0 Å². The summed E-state index contributed by atoms with van der Waals surface area (Å²) >= 11 is 0. The summed E-state index contributed by atoms with van der Waals surface area (Å²) in [4.78, 5) is 11.1. The van der Waals surface area contributed by atoms with Gasteiger partial charge in [-0.1, -0.05) is 26.0 Å². The first kappa shape index (κ1) is 13.3. The Labute approximate surface area is 112 Å². The van der Waals surface area contributed by atoms with Crippen LogP contribution in [0.1, 0.15) is 46.9 Å². The average molecular weight is 258 g/mol. The molecule has 0 aliphatic carbocycles. The summed E-state index contributed by atoms with van der Waals surface area (Å²) in [5.74, 6) is -0.518. The van der Waals surface area contributed by atoms with Crippen LogP contribution >= 0.6 is 0 Å². The molecule has 0 saturated heterocycles. The van der Waals surface area contributed by atoms with Gasteiger partial charge in [0.25, 0.3) is 0 Å². The second-order valence-corrected chi connectivity index (χ2v) is 5.06. The van der Waals surface area contributed by atoms with E-state index in [0.29, 0.717) is 11.6 Å². The van der Waals surface area contributed by atoms with Gasteiger partial charge in [0.1, 0.15) is 5.56 Å². The van der Waals surface area contributed by atoms with E-state index in [1.54, 1.807) is 11.6 Å². The first-order chi connectivity index (χ1) is 8.91. The van der Waals surface area contributed by atoms with Crippen LogP contribution in [0.5, 0.6) is 0 Å². The molecule has 0 fully saturated rings. The first-order valence-electron chi connectivity index (χ1n) is 6.30. The molecule has 0 aliphatic rings. The number of nitrogens with zero attached hydrogens (tertiary/aromatic N) is 2. The van der Waals surface area contributed by atoms with Gasteiger partial charge in [-0.3, -0.25) is 0 Å². The van der Waals surface area contributed by atoms with Crippen LogP contribution in [-0.2, 0) is 0 Å². The molecule has 0 aliphatic heterocycles. The van der Waals surface area contributed by atoms with Crippen molar-refractivity contribution < 1.29 is 9.90 Å². The van der Waals surface area contributed by atoms with E-state index in [4.69, 9.17) is 5.11 Å². The average Bonchev–Trinajstić information content (AvgIpc) is 2.71. The smallest absolute Gasteiger partial charge is 0.339 e. The Morgan fingerprint density at radius 3 is 2.53 bits per heavy atom. The van der Waals surface area contributed by atoms with Crippen molar-refractivity contribution in [2.75, 3.05) is 0 Å².